The average Bonchev–Trinajstić information content (AvgIpc) is 2.41. The van der Waals surface area contributed by atoms with Crippen LogP contribution >= 0.6 is 0 Å². The van der Waals surface area contributed by atoms with Crippen LogP contribution in [0.1, 0.15) is 0 Å². The van der Waals surface area contributed by atoms with Crippen molar-refractivity contribution in [2.75, 3.05) is 39.3 Å². The smallest absolute Gasteiger partial charge is 0.243 e. The third kappa shape index (κ3) is 2.89. The number of nitrogens with zero attached hydrogens (tertiary/aromatic N) is 2. The van der Waals surface area contributed by atoms with E-state index in [2.05, 4.69) is 4.90 Å². The Kier molecular flexibility index (Phi) is 4.34. The van der Waals surface area contributed by atoms with Gasteiger partial charge < -0.3 is 5.73 Å². The van der Waals surface area contributed by atoms with Crippen molar-refractivity contribution < 1.29 is 8.42 Å². The fraction of sp³-hybridized carbons (Fsp3) is 0.500. The molecule has 2 rings (SSSR count). The number of hydrogen-bond donors (Lipinski definition) is 1. The predicted molar refractivity (Wildman–Crippen MR) is 70.7 cm³/mol. The number of benzene rings is 1. The van der Waals surface area contributed by atoms with Crippen LogP contribution in [0, 0.1) is 0 Å². The van der Waals surface area contributed by atoms with Crippen molar-refractivity contribution in [2.45, 2.75) is 4.90 Å². The summed E-state index contributed by atoms with van der Waals surface area (Å²) in [6.07, 6.45) is 0. The first kappa shape index (κ1) is 13.5. The quantitative estimate of drug-likeness (QED) is 0.832. The van der Waals surface area contributed by atoms with Gasteiger partial charge in [0.1, 0.15) is 0 Å². The van der Waals surface area contributed by atoms with Gasteiger partial charge in [-0.05, 0) is 12.1 Å². The van der Waals surface area contributed by atoms with Gasteiger partial charge in [0, 0.05) is 39.3 Å². The molecule has 0 aromatic heterocycles. The Morgan fingerprint density at radius 2 is 1.67 bits per heavy atom. The van der Waals surface area contributed by atoms with Gasteiger partial charge in [0.05, 0.1) is 4.90 Å². The molecule has 1 aromatic carbocycles. The lowest BCUT2D eigenvalue weighted by Gasteiger charge is -2.33. The first-order valence-corrected chi connectivity index (χ1v) is 7.56. The van der Waals surface area contributed by atoms with E-state index in [1.807, 2.05) is 6.07 Å². The van der Waals surface area contributed by atoms with Crippen LogP contribution in [-0.4, -0.2) is 56.9 Å². The maximum Gasteiger partial charge on any atom is 0.243 e. The van der Waals surface area contributed by atoms with E-state index in [1.54, 1.807) is 28.6 Å². The molecule has 0 saturated carbocycles. The number of sulfonamides is 1. The molecular weight excluding hydrogens is 250 g/mol. The zero-order chi connectivity index (χ0) is 13.0. The number of hydrogen-bond acceptors (Lipinski definition) is 4. The molecule has 18 heavy (non-hydrogen) atoms. The normalized spacial score (nSPS) is 18.9. The summed E-state index contributed by atoms with van der Waals surface area (Å²) in [4.78, 5) is 2.56. The van der Waals surface area contributed by atoms with Crippen LogP contribution in [0.2, 0.25) is 0 Å². The largest absolute Gasteiger partial charge is 0.329 e. The Bertz CT molecular complexity index is 467. The van der Waals surface area contributed by atoms with Crippen molar-refractivity contribution >= 4 is 10.0 Å². The van der Waals surface area contributed by atoms with Gasteiger partial charge in [0.2, 0.25) is 10.0 Å². The van der Waals surface area contributed by atoms with Crippen molar-refractivity contribution in [3.05, 3.63) is 30.3 Å². The summed E-state index contributed by atoms with van der Waals surface area (Å²) in [6, 6.07) is 8.59. The third-order valence-corrected chi connectivity index (χ3v) is 5.07. The molecule has 1 aliphatic rings. The lowest BCUT2D eigenvalue weighted by Crippen LogP contribution is -2.49. The molecule has 0 atom stereocenters. The van der Waals surface area contributed by atoms with Crippen LogP contribution in [0.25, 0.3) is 0 Å². The predicted octanol–water partition coefficient (Wildman–Crippen LogP) is -0.0484. The SMILES string of the molecule is NCCN1CCN(S(=O)(=O)c2ccccc2)CC1. The molecule has 1 saturated heterocycles. The first-order valence-electron chi connectivity index (χ1n) is 6.12. The highest BCUT2D eigenvalue weighted by molar-refractivity contribution is 7.89. The van der Waals surface area contributed by atoms with E-state index >= 15 is 0 Å². The molecule has 0 radical (unpaired) electrons. The van der Waals surface area contributed by atoms with E-state index < -0.39 is 10.0 Å². The zero-order valence-corrected chi connectivity index (χ0v) is 11.1. The Hall–Kier alpha value is -0.950. The lowest BCUT2D eigenvalue weighted by atomic mass is 10.3. The molecule has 2 N–H and O–H groups in total. The second-order valence-corrected chi connectivity index (χ2v) is 6.29. The van der Waals surface area contributed by atoms with Crippen molar-refractivity contribution in [1.29, 1.82) is 0 Å². The van der Waals surface area contributed by atoms with E-state index in [-0.39, 0.29) is 0 Å². The molecule has 1 aromatic rings. The summed E-state index contributed by atoms with van der Waals surface area (Å²) in [5, 5.41) is 0. The summed E-state index contributed by atoms with van der Waals surface area (Å²) in [7, 11) is -3.32. The average molecular weight is 269 g/mol. The Morgan fingerprint density at radius 3 is 2.22 bits per heavy atom. The fourth-order valence-corrected chi connectivity index (χ4v) is 3.56. The third-order valence-electron chi connectivity index (χ3n) is 3.16. The fourth-order valence-electron chi connectivity index (χ4n) is 2.12. The number of nitrogens with two attached hydrogens (primary N) is 1. The highest BCUT2D eigenvalue weighted by Crippen LogP contribution is 2.16. The van der Waals surface area contributed by atoms with Crippen molar-refractivity contribution in [3.8, 4) is 0 Å². The minimum atomic E-state index is -3.32. The van der Waals surface area contributed by atoms with Crippen LogP contribution in [0.3, 0.4) is 0 Å². The second-order valence-electron chi connectivity index (χ2n) is 4.35. The molecule has 0 bridgehead atoms. The summed E-state index contributed by atoms with van der Waals surface area (Å²) in [5.41, 5.74) is 5.50. The molecule has 1 fully saturated rings. The zero-order valence-electron chi connectivity index (χ0n) is 10.3. The van der Waals surface area contributed by atoms with E-state index in [4.69, 9.17) is 5.73 Å². The lowest BCUT2D eigenvalue weighted by molar-refractivity contribution is 0.192. The van der Waals surface area contributed by atoms with E-state index in [0.717, 1.165) is 19.6 Å². The van der Waals surface area contributed by atoms with Crippen LogP contribution < -0.4 is 5.73 Å². The number of rotatable bonds is 4. The van der Waals surface area contributed by atoms with Gasteiger partial charge in [0.25, 0.3) is 0 Å². The molecule has 0 spiro atoms. The topological polar surface area (TPSA) is 66.6 Å². The Labute approximate surface area is 108 Å². The van der Waals surface area contributed by atoms with Gasteiger partial charge in [0.15, 0.2) is 0 Å². The van der Waals surface area contributed by atoms with Crippen molar-refractivity contribution in [2.24, 2.45) is 5.73 Å². The van der Waals surface area contributed by atoms with Crippen LogP contribution in [0.4, 0.5) is 0 Å². The minimum absolute atomic E-state index is 0.372. The maximum absolute atomic E-state index is 12.3. The molecule has 1 aliphatic heterocycles. The van der Waals surface area contributed by atoms with Crippen LogP contribution in [0.15, 0.2) is 35.2 Å². The van der Waals surface area contributed by atoms with Gasteiger partial charge in [-0.1, -0.05) is 18.2 Å². The Morgan fingerprint density at radius 1 is 1.06 bits per heavy atom. The van der Waals surface area contributed by atoms with Gasteiger partial charge in [-0.2, -0.15) is 4.31 Å². The molecule has 6 heteroatoms. The van der Waals surface area contributed by atoms with Crippen LogP contribution in [0.5, 0.6) is 0 Å². The monoisotopic (exact) mass is 269 g/mol. The van der Waals surface area contributed by atoms with Crippen LogP contribution in [-0.2, 0) is 10.0 Å². The van der Waals surface area contributed by atoms with Crippen molar-refractivity contribution in [3.63, 3.8) is 0 Å². The summed E-state index contributed by atoms with van der Waals surface area (Å²) in [6.45, 7) is 4.03. The second kappa shape index (κ2) is 5.79. The van der Waals surface area contributed by atoms with Gasteiger partial charge >= 0.3 is 0 Å². The molecular formula is C12H19N3O2S. The highest BCUT2D eigenvalue weighted by Gasteiger charge is 2.27. The standard InChI is InChI=1S/C12H19N3O2S/c13-6-7-14-8-10-15(11-9-14)18(16,17)12-4-2-1-3-5-12/h1-5H,6-11,13H2. The summed E-state index contributed by atoms with van der Waals surface area (Å²) < 4.78 is 26.2. The van der Waals surface area contributed by atoms with E-state index in [1.165, 1.54) is 0 Å². The molecule has 0 aliphatic carbocycles. The molecule has 0 unspecified atom stereocenters. The van der Waals surface area contributed by atoms with Gasteiger partial charge in [-0.25, -0.2) is 8.42 Å². The minimum Gasteiger partial charge on any atom is -0.329 e. The number of piperazine rings is 1. The summed E-state index contributed by atoms with van der Waals surface area (Å²) >= 11 is 0. The summed E-state index contributed by atoms with van der Waals surface area (Å²) in [5.74, 6) is 0. The molecule has 100 valence electrons. The van der Waals surface area contributed by atoms with Crippen molar-refractivity contribution in [1.82, 2.24) is 9.21 Å². The molecule has 5 nitrogen and oxygen atoms in total. The molecule has 1 heterocycles. The maximum atomic E-state index is 12.3. The van der Waals surface area contributed by atoms with E-state index in [0.29, 0.717) is 24.5 Å². The van der Waals surface area contributed by atoms with E-state index in [9.17, 15) is 8.42 Å². The highest BCUT2D eigenvalue weighted by atomic mass is 32.2. The Balaban J connectivity index is 2.05. The van der Waals surface area contributed by atoms with Gasteiger partial charge in [-0.3, -0.25) is 4.90 Å². The molecule has 0 amide bonds. The first-order chi connectivity index (χ1) is 8.64. The van der Waals surface area contributed by atoms with Gasteiger partial charge in [-0.15, -0.1) is 0 Å².